The molecule has 0 spiro atoms. The monoisotopic (exact) mass is 488 g/mol. The van der Waals surface area contributed by atoms with E-state index in [1.807, 2.05) is 36.1 Å². The highest BCUT2D eigenvalue weighted by Crippen LogP contribution is 2.27. The molecule has 3 heterocycles. The zero-order chi connectivity index (χ0) is 24.9. The summed E-state index contributed by atoms with van der Waals surface area (Å²) in [5.41, 5.74) is 4.00. The van der Waals surface area contributed by atoms with Crippen molar-refractivity contribution in [3.8, 4) is 17.1 Å². The first kappa shape index (κ1) is 24.0. The molecule has 2 aliphatic rings. The van der Waals surface area contributed by atoms with Crippen LogP contribution < -0.4 is 15.0 Å². The van der Waals surface area contributed by atoms with Crippen molar-refractivity contribution >= 4 is 23.2 Å². The van der Waals surface area contributed by atoms with Gasteiger partial charge >= 0.3 is 0 Å². The van der Waals surface area contributed by atoms with Crippen LogP contribution in [0.15, 0.2) is 48.8 Å². The fourth-order valence-corrected chi connectivity index (χ4v) is 4.55. The van der Waals surface area contributed by atoms with Gasteiger partial charge in [-0.2, -0.15) is 4.98 Å². The van der Waals surface area contributed by atoms with E-state index in [-0.39, 0.29) is 12.0 Å². The Morgan fingerprint density at radius 1 is 1.03 bits per heavy atom. The lowest BCUT2D eigenvalue weighted by atomic mass is 10.1. The van der Waals surface area contributed by atoms with Crippen molar-refractivity contribution in [3.05, 3.63) is 54.4 Å². The molecule has 2 fully saturated rings. The maximum atomic E-state index is 11.6. The van der Waals surface area contributed by atoms with Crippen LogP contribution in [0.1, 0.15) is 25.3 Å². The van der Waals surface area contributed by atoms with Crippen LogP contribution in [0.4, 0.5) is 17.3 Å². The van der Waals surface area contributed by atoms with Crippen molar-refractivity contribution in [2.75, 3.05) is 49.6 Å². The van der Waals surface area contributed by atoms with Gasteiger partial charge in [0.25, 0.3) is 0 Å². The third kappa shape index (κ3) is 5.73. The van der Waals surface area contributed by atoms with Gasteiger partial charge in [-0.3, -0.25) is 4.79 Å². The van der Waals surface area contributed by atoms with Crippen LogP contribution >= 0.6 is 0 Å². The summed E-state index contributed by atoms with van der Waals surface area (Å²) in [6.45, 7) is 8.35. The highest BCUT2D eigenvalue weighted by Gasteiger charge is 2.19. The molecule has 5 rings (SSSR count). The van der Waals surface area contributed by atoms with Gasteiger partial charge in [-0.25, -0.2) is 9.97 Å². The van der Waals surface area contributed by atoms with Gasteiger partial charge in [-0.1, -0.05) is 0 Å². The summed E-state index contributed by atoms with van der Waals surface area (Å²) in [5.74, 6) is 2.12. The van der Waals surface area contributed by atoms with Crippen LogP contribution in [-0.2, 0) is 9.53 Å². The van der Waals surface area contributed by atoms with Crippen LogP contribution in [-0.4, -0.2) is 71.3 Å². The molecular formula is C27H32N6O3. The molecule has 9 nitrogen and oxygen atoms in total. The van der Waals surface area contributed by atoms with Crippen molar-refractivity contribution in [1.82, 2.24) is 19.9 Å². The molecule has 2 saturated heterocycles. The predicted molar refractivity (Wildman–Crippen MR) is 139 cm³/mol. The minimum Gasteiger partial charge on any atom is -0.490 e. The summed E-state index contributed by atoms with van der Waals surface area (Å²) in [6, 6.07) is 14.2. The summed E-state index contributed by atoms with van der Waals surface area (Å²) < 4.78 is 11.6. The Balaban J connectivity index is 1.22. The van der Waals surface area contributed by atoms with E-state index in [0.29, 0.717) is 11.8 Å². The van der Waals surface area contributed by atoms with Crippen LogP contribution in [0.25, 0.3) is 11.4 Å². The van der Waals surface area contributed by atoms with Gasteiger partial charge in [0.1, 0.15) is 18.2 Å². The maximum absolute atomic E-state index is 11.6. The van der Waals surface area contributed by atoms with E-state index < -0.39 is 0 Å². The number of carbonyl (C=O) groups is 1. The van der Waals surface area contributed by atoms with Crippen molar-refractivity contribution in [2.45, 2.75) is 32.8 Å². The number of hydrogen-bond donors (Lipinski definition) is 1. The predicted octanol–water partition coefficient (Wildman–Crippen LogP) is 3.82. The SMILES string of the molecule is CC(=O)N1CCN(c2ccc(Nc3ncnc(-c4ccc(OC5CCOCC5)c(C)c4)n3)cc2)CC1. The van der Waals surface area contributed by atoms with Crippen molar-refractivity contribution in [3.63, 3.8) is 0 Å². The Morgan fingerprint density at radius 3 is 2.47 bits per heavy atom. The zero-order valence-electron chi connectivity index (χ0n) is 20.8. The van der Waals surface area contributed by atoms with Gasteiger partial charge < -0.3 is 24.6 Å². The topological polar surface area (TPSA) is 92.7 Å². The second kappa shape index (κ2) is 10.9. The molecule has 0 bridgehead atoms. The van der Waals surface area contributed by atoms with Gasteiger partial charge in [0.2, 0.25) is 11.9 Å². The van der Waals surface area contributed by atoms with Crippen LogP contribution in [0.3, 0.4) is 0 Å². The lowest BCUT2D eigenvalue weighted by Gasteiger charge is -2.35. The molecule has 0 saturated carbocycles. The first-order valence-electron chi connectivity index (χ1n) is 12.5. The molecule has 0 aliphatic carbocycles. The second-order valence-electron chi connectivity index (χ2n) is 9.21. The van der Waals surface area contributed by atoms with Crippen LogP contribution in [0, 0.1) is 6.92 Å². The first-order valence-corrected chi connectivity index (χ1v) is 12.5. The standard InChI is InChI=1S/C27H32N6O3/c1-19-17-21(3-8-25(19)36-24-9-15-35-16-10-24)26-28-18-29-27(31-26)30-22-4-6-23(7-5-22)33-13-11-32(12-14-33)20(2)34/h3-8,17-18,24H,9-16H2,1-2H3,(H,28,29,30,31). The van der Waals surface area contributed by atoms with Crippen molar-refractivity contribution < 1.29 is 14.3 Å². The average Bonchev–Trinajstić information content (AvgIpc) is 2.91. The summed E-state index contributed by atoms with van der Waals surface area (Å²) in [6.07, 6.45) is 3.56. The number of anilines is 3. The Morgan fingerprint density at radius 2 is 1.78 bits per heavy atom. The van der Waals surface area contributed by atoms with E-state index >= 15 is 0 Å². The molecular weight excluding hydrogens is 456 g/mol. The normalized spacial score (nSPS) is 16.6. The number of carbonyl (C=O) groups excluding carboxylic acids is 1. The Bertz CT molecular complexity index is 1190. The lowest BCUT2D eigenvalue weighted by Crippen LogP contribution is -2.48. The second-order valence-corrected chi connectivity index (χ2v) is 9.21. The number of piperazine rings is 1. The third-order valence-corrected chi connectivity index (χ3v) is 6.68. The number of benzene rings is 2. The molecule has 2 aliphatic heterocycles. The maximum Gasteiger partial charge on any atom is 0.230 e. The molecule has 0 unspecified atom stereocenters. The third-order valence-electron chi connectivity index (χ3n) is 6.68. The quantitative estimate of drug-likeness (QED) is 0.560. The Hall–Kier alpha value is -3.72. The van der Waals surface area contributed by atoms with E-state index in [9.17, 15) is 4.79 Å². The summed E-state index contributed by atoms with van der Waals surface area (Å²) >= 11 is 0. The average molecular weight is 489 g/mol. The smallest absolute Gasteiger partial charge is 0.230 e. The number of rotatable bonds is 6. The molecule has 1 N–H and O–H groups in total. The van der Waals surface area contributed by atoms with Gasteiger partial charge in [-0.15, -0.1) is 0 Å². The van der Waals surface area contributed by atoms with E-state index in [4.69, 9.17) is 9.47 Å². The number of nitrogens with one attached hydrogen (secondary N) is 1. The first-order chi connectivity index (χ1) is 17.5. The molecule has 188 valence electrons. The highest BCUT2D eigenvalue weighted by atomic mass is 16.5. The molecule has 2 aromatic carbocycles. The van der Waals surface area contributed by atoms with E-state index in [2.05, 4.69) is 43.4 Å². The van der Waals surface area contributed by atoms with Gasteiger partial charge in [0.05, 0.1) is 13.2 Å². The number of aryl methyl sites for hydroxylation is 1. The molecule has 0 radical (unpaired) electrons. The Kier molecular flexibility index (Phi) is 7.27. The van der Waals surface area contributed by atoms with Gasteiger partial charge in [0, 0.05) is 62.9 Å². The summed E-state index contributed by atoms with van der Waals surface area (Å²) in [7, 11) is 0. The number of ether oxygens (including phenoxy) is 2. The van der Waals surface area contributed by atoms with Gasteiger partial charge in [0.15, 0.2) is 5.82 Å². The van der Waals surface area contributed by atoms with E-state index in [0.717, 1.165) is 80.5 Å². The molecule has 9 heteroatoms. The van der Waals surface area contributed by atoms with Gasteiger partial charge in [-0.05, 0) is 55.0 Å². The fraction of sp³-hybridized carbons (Fsp3) is 0.407. The Labute approximate surface area is 211 Å². The van der Waals surface area contributed by atoms with E-state index in [1.165, 1.54) is 6.33 Å². The molecule has 1 amide bonds. The molecule has 1 aromatic heterocycles. The largest absolute Gasteiger partial charge is 0.490 e. The minimum atomic E-state index is 0.139. The molecule has 36 heavy (non-hydrogen) atoms. The summed E-state index contributed by atoms with van der Waals surface area (Å²) in [4.78, 5) is 29.0. The number of amides is 1. The minimum absolute atomic E-state index is 0.139. The lowest BCUT2D eigenvalue weighted by molar-refractivity contribution is -0.129. The molecule has 3 aromatic rings. The highest BCUT2D eigenvalue weighted by molar-refractivity contribution is 5.73. The van der Waals surface area contributed by atoms with Crippen LogP contribution in [0.5, 0.6) is 5.75 Å². The number of aromatic nitrogens is 3. The van der Waals surface area contributed by atoms with Crippen molar-refractivity contribution in [1.29, 1.82) is 0 Å². The fourth-order valence-electron chi connectivity index (χ4n) is 4.55. The van der Waals surface area contributed by atoms with Crippen LogP contribution in [0.2, 0.25) is 0 Å². The zero-order valence-corrected chi connectivity index (χ0v) is 20.8. The molecule has 0 atom stereocenters. The number of nitrogens with zero attached hydrogens (tertiary/aromatic N) is 5. The van der Waals surface area contributed by atoms with E-state index in [1.54, 1.807) is 6.92 Å². The van der Waals surface area contributed by atoms with Crippen molar-refractivity contribution in [2.24, 2.45) is 0 Å². The number of hydrogen-bond acceptors (Lipinski definition) is 8. The summed E-state index contributed by atoms with van der Waals surface area (Å²) in [5, 5.41) is 3.28.